The minimum atomic E-state index is -0.400. The van der Waals surface area contributed by atoms with Crippen molar-refractivity contribution in [3.8, 4) is 0 Å². The molecular formula is C20H27N5O2S. The van der Waals surface area contributed by atoms with Crippen molar-refractivity contribution in [2.24, 2.45) is 4.99 Å². The number of allylic oxidation sites excluding steroid dienone is 2. The fourth-order valence-electron chi connectivity index (χ4n) is 2.56. The number of hydrogen-bond acceptors (Lipinski definition) is 6. The number of aliphatic imine (C=N–C) groups is 1. The van der Waals surface area contributed by atoms with Crippen LogP contribution in [-0.4, -0.2) is 27.9 Å². The van der Waals surface area contributed by atoms with E-state index in [0.29, 0.717) is 4.70 Å². The van der Waals surface area contributed by atoms with Gasteiger partial charge in [0, 0.05) is 17.6 Å². The van der Waals surface area contributed by atoms with Gasteiger partial charge in [0.15, 0.2) is 0 Å². The Hall–Kier alpha value is -2.74. The quantitative estimate of drug-likeness (QED) is 0.661. The standard InChI is InChI=1S/C20H27N5O2S/c1-7-8-9-21-14(6)23-16(26)11-25-20(27)19-15(18(24-25)12(2)3)10-17(28-19)22-13(4)5/h7-10,12-13,22H,6,11H2,1-5H3,(H,23,26)/b8-7-,21-9?. The van der Waals surface area contributed by atoms with Crippen molar-refractivity contribution in [3.63, 3.8) is 0 Å². The number of hydrogen-bond donors (Lipinski definition) is 2. The molecule has 8 heteroatoms. The van der Waals surface area contributed by atoms with E-state index < -0.39 is 5.91 Å². The summed E-state index contributed by atoms with van der Waals surface area (Å²) in [5.74, 6) is -0.0801. The van der Waals surface area contributed by atoms with Gasteiger partial charge < -0.3 is 10.6 Å². The number of nitrogens with zero attached hydrogens (tertiary/aromatic N) is 3. The van der Waals surface area contributed by atoms with Gasteiger partial charge in [-0.3, -0.25) is 9.59 Å². The molecule has 0 unspecified atom stereocenters. The first kappa shape index (κ1) is 21.6. The van der Waals surface area contributed by atoms with Crippen molar-refractivity contribution >= 4 is 38.5 Å². The monoisotopic (exact) mass is 401 g/mol. The van der Waals surface area contributed by atoms with Crippen LogP contribution in [0.1, 0.15) is 46.2 Å². The summed E-state index contributed by atoms with van der Waals surface area (Å²) >= 11 is 1.39. The van der Waals surface area contributed by atoms with Crippen molar-refractivity contribution in [2.75, 3.05) is 5.32 Å². The maximum absolute atomic E-state index is 12.9. The highest BCUT2D eigenvalue weighted by Crippen LogP contribution is 2.32. The Labute approximate surface area is 168 Å². The normalized spacial score (nSPS) is 12.0. The molecular weight excluding hydrogens is 374 g/mol. The van der Waals surface area contributed by atoms with Crippen LogP contribution in [0.3, 0.4) is 0 Å². The Morgan fingerprint density at radius 3 is 2.71 bits per heavy atom. The summed E-state index contributed by atoms with van der Waals surface area (Å²) in [7, 11) is 0. The highest BCUT2D eigenvalue weighted by Gasteiger charge is 2.18. The number of nitrogens with one attached hydrogen (secondary N) is 2. The van der Waals surface area contributed by atoms with Crippen molar-refractivity contribution in [1.29, 1.82) is 0 Å². The first-order valence-electron chi connectivity index (χ1n) is 9.18. The second kappa shape index (κ2) is 9.45. The van der Waals surface area contributed by atoms with Crippen LogP contribution in [0.25, 0.3) is 10.1 Å². The molecule has 0 aliphatic carbocycles. The zero-order chi connectivity index (χ0) is 20.8. The maximum atomic E-state index is 12.9. The van der Waals surface area contributed by atoms with Gasteiger partial charge in [0.25, 0.3) is 5.56 Å². The van der Waals surface area contributed by atoms with Crippen LogP contribution in [0.4, 0.5) is 5.00 Å². The van der Waals surface area contributed by atoms with E-state index in [2.05, 4.69) is 27.3 Å². The van der Waals surface area contributed by atoms with Gasteiger partial charge in [-0.25, -0.2) is 9.67 Å². The largest absolute Gasteiger partial charge is 0.375 e. The summed E-state index contributed by atoms with van der Waals surface area (Å²) in [5.41, 5.74) is 0.514. The molecule has 0 aromatic carbocycles. The third-order valence-corrected chi connectivity index (χ3v) is 4.78. The first-order valence-corrected chi connectivity index (χ1v) is 9.99. The first-order chi connectivity index (χ1) is 13.2. The average Bonchev–Trinajstić information content (AvgIpc) is 3.00. The van der Waals surface area contributed by atoms with Crippen LogP contribution in [0.2, 0.25) is 0 Å². The lowest BCUT2D eigenvalue weighted by Gasteiger charge is -2.11. The molecule has 1 amide bonds. The summed E-state index contributed by atoms with van der Waals surface area (Å²) < 4.78 is 1.81. The lowest BCUT2D eigenvalue weighted by Crippen LogP contribution is -2.33. The number of amides is 1. The summed E-state index contributed by atoms with van der Waals surface area (Å²) in [6.07, 6.45) is 5.07. The number of anilines is 1. The summed E-state index contributed by atoms with van der Waals surface area (Å²) in [6, 6.07) is 2.22. The van der Waals surface area contributed by atoms with E-state index in [1.165, 1.54) is 22.2 Å². The Bertz CT molecular complexity index is 982. The average molecular weight is 402 g/mol. The van der Waals surface area contributed by atoms with E-state index >= 15 is 0 Å². The van der Waals surface area contributed by atoms with E-state index in [-0.39, 0.29) is 29.9 Å². The van der Waals surface area contributed by atoms with Gasteiger partial charge in [-0.15, -0.1) is 11.3 Å². The van der Waals surface area contributed by atoms with Gasteiger partial charge >= 0.3 is 0 Å². The number of carbonyl (C=O) groups excluding carboxylic acids is 1. The van der Waals surface area contributed by atoms with Gasteiger partial charge in [-0.2, -0.15) is 5.10 Å². The second-order valence-corrected chi connectivity index (χ2v) is 8.01. The van der Waals surface area contributed by atoms with E-state index in [1.807, 2.05) is 46.8 Å². The molecule has 7 nitrogen and oxygen atoms in total. The van der Waals surface area contributed by atoms with Gasteiger partial charge in [-0.05, 0) is 38.8 Å². The van der Waals surface area contributed by atoms with E-state index in [0.717, 1.165) is 16.1 Å². The second-order valence-electron chi connectivity index (χ2n) is 6.95. The summed E-state index contributed by atoms with van der Waals surface area (Å²) in [4.78, 5) is 29.2. The lowest BCUT2D eigenvalue weighted by atomic mass is 10.1. The Kier molecular flexibility index (Phi) is 7.28. The molecule has 0 saturated heterocycles. The highest BCUT2D eigenvalue weighted by molar-refractivity contribution is 7.22. The molecule has 0 atom stereocenters. The maximum Gasteiger partial charge on any atom is 0.285 e. The summed E-state index contributed by atoms with van der Waals surface area (Å²) in [6.45, 7) is 13.5. The van der Waals surface area contributed by atoms with Crippen molar-refractivity contribution in [1.82, 2.24) is 15.1 Å². The van der Waals surface area contributed by atoms with Crippen LogP contribution >= 0.6 is 11.3 Å². The molecule has 28 heavy (non-hydrogen) atoms. The van der Waals surface area contributed by atoms with Crippen LogP contribution in [0, 0.1) is 0 Å². The van der Waals surface area contributed by atoms with Crippen LogP contribution in [0.5, 0.6) is 0 Å². The molecule has 2 aromatic rings. The number of fused-ring (bicyclic) bond motifs is 1. The smallest absolute Gasteiger partial charge is 0.285 e. The molecule has 2 aromatic heterocycles. The molecule has 0 fully saturated rings. The zero-order valence-electron chi connectivity index (χ0n) is 16.9. The van der Waals surface area contributed by atoms with E-state index in [9.17, 15) is 9.59 Å². The van der Waals surface area contributed by atoms with Crippen LogP contribution in [0.15, 0.2) is 40.4 Å². The summed E-state index contributed by atoms with van der Waals surface area (Å²) in [5, 5.41) is 12.1. The number of carbonyl (C=O) groups is 1. The highest BCUT2D eigenvalue weighted by atomic mass is 32.1. The van der Waals surface area contributed by atoms with Crippen LogP contribution < -0.4 is 16.2 Å². The van der Waals surface area contributed by atoms with E-state index in [1.54, 1.807) is 6.08 Å². The minimum Gasteiger partial charge on any atom is -0.375 e. The SMILES string of the molecule is C=C(N=C/C=C\C)NC(=O)Cn1nc(C(C)C)c2cc(NC(C)C)sc2c1=O. The minimum absolute atomic E-state index is 0.110. The molecule has 2 rings (SSSR count). The lowest BCUT2D eigenvalue weighted by molar-refractivity contribution is -0.121. The topological polar surface area (TPSA) is 88.4 Å². The fraction of sp³-hybridized carbons (Fsp3) is 0.400. The number of aromatic nitrogens is 2. The van der Waals surface area contributed by atoms with Crippen molar-refractivity contribution in [2.45, 2.75) is 53.1 Å². The zero-order valence-corrected chi connectivity index (χ0v) is 17.8. The Morgan fingerprint density at radius 1 is 1.39 bits per heavy atom. The number of thiophene rings is 1. The molecule has 0 aliphatic rings. The molecule has 0 saturated carbocycles. The van der Waals surface area contributed by atoms with Gasteiger partial charge in [0.1, 0.15) is 17.1 Å². The molecule has 2 N–H and O–H groups in total. The van der Waals surface area contributed by atoms with Gasteiger partial charge in [0.05, 0.1) is 10.7 Å². The van der Waals surface area contributed by atoms with Crippen molar-refractivity contribution in [3.05, 3.63) is 46.7 Å². The molecule has 0 spiro atoms. The molecule has 2 heterocycles. The Morgan fingerprint density at radius 2 is 2.11 bits per heavy atom. The molecule has 150 valence electrons. The number of rotatable bonds is 8. The predicted molar refractivity (Wildman–Crippen MR) is 117 cm³/mol. The van der Waals surface area contributed by atoms with Crippen LogP contribution in [-0.2, 0) is 11.3 Å². The fourth-order valence-corrected chi connectivity index (χ4v) is 3.72. The van der Waals surface area contributed by atoms with E-state index in [4.69, 9.17) is 0 Å². The van der Waals surface area contributed by atoms with Gasteiger partial charge in [-0.1, -0.05) is 26.5 Å². The molecule has 0 radical (unpaired) electrons. The molecule has 0 bridgehead atoms. The van der Waals surface area contributed by atoms with Gasteiger partial charge in [0.2, 0.25) is 5.91 Å². The third kappa shape index (κ3) is 5.39. The molecule has 0 aliphatic heterocycles. The Balaban J connectivity index is 2.34. The third-order valence-electron chi connectivity index (χ3n) is 3.73. The van der Waals surface area contributed by atoms with Crippen molar-refractivity contribution < 1.29 is 4.79 Å². The predicted octanol–water partition coefficient (Wildman–Crippen LogP) is 3.64.